The third-order valence-corrected chi connectivity index (χ3v) is 5.54. The monoisotopic (exact) mass is 393 g/mol. The summed E-state index contributed by atoms with van der Waals surface area (Å²) in [7, 11) is 0. The van der Waals surface area contributed by atoms with Crippen molar-refractivity contribution >= 4 is 11.8 Å². The Morgan fingerprint density at radius 2 is 1.76 bits per heavy atom. The minimum Gasteiger partial charge on any atom is -0.353 e. The Morgan fingerprint density at radius 1 is 1.00 bits per heavy atom. The lowest BCUT2D eigenvalue weighted by Gasteiger charge is -2.36. The molecule has 0 spiro atoms. The maximum absolute atomic E-state index is 12.6. The molecule has 0 unspecified atom stereocenters. The van der Waals surface area contributed by atoms with E-state index in [1.54, 1.807) is 0 Å². The summed E-state index contributed by atoms with van der Waals surface area (Å²) in [5, 5.41) is 4.32. The van der Waals surface area contributed by atoms with Crippen molar-refractivity contribution in [2.24, 2.45) is 0 Å². The molecule has 2 saturated heterocycles. The molecule has 2 aromatic carbocycles. The summed E-state index contributed by atoms with van der Waals surface area (Å²) < 4.78 is 0. The average Bonchev–Trinajstić information content (AvgIpc) is 2.78. The smallest absolute Gasteiger partial charge is 0.248 e. The molecule has 2 fully saturated rings. The van der Waals surface area contributed by atoms with E-state index in [4.69, 9.17) is 4.84 Å². The molecule has 2 amide bonds. The van der Waals surface area contributed by atoms with E-state index in [9.17, 15) is 9.59 Å². The van der Waals surface area contributed by atoms with Crippen molar-refractivity contribution in [1.82, 2.24) is 15.3 Å². The van der Waals surface area contributed by atoms with E-state index >= 15 is 0 Å². The molecule has 0 bridgehead atoms. The summed E-state index contributed by atoms with van der Waals surface area (Å²) in [5.74, 6) is -0.196. The second-order valence-corrected chi connectivity index (χ2v) is 7.58. The summed E-state index contributed by atoms with van der Waals surface area (Å²) in [6.07, 6.45) is 2.06. The molecular weight excluding hydrogens is 366 g/mol. The predicted molar refractivity (Wildman–Crippen MR) is 111 cm³/mol. The van der Waals surface area contributed by atoms with Crippen LogP contribution in [0.5, 0.6) is 0 Å². The molecule has 0 aliphatic carbocycles. The molecular formula is C23H27N3O3. The molecule has 6 heteroatoms. The third-order valence-electron chi connectivity index (χ3n) is 5.54. The third kappa shape index (κ3) is 4.83. The molecule has 1 atom stereocenters. The second-order valence-electron chi connectivity index (χ2n) is 7.58. The van der Waals surface area contributed by atoms with Crippen LogP contribution in [0.4, 0.5) is 0 Å². The number of benzene rings is 2. The number of nitrogens with zero attached hydrogens (tertiary/aromatic N) is 2. The zero-order valence-electron chi connectivity index (χ0n) is 16.5. The van der Waals surface area contributed by atoms with Crippen LogP contribution < -0.4 is 5.32 Å². The van der Waals surface area contributed by atoms with Gasteiger partial charge in [0.2, 0.25) is 11.8 Å². The topological polar surface area (TPSA) is 61.9 Å². The van der Waals surface area contributed by atoms with E-state index < -0.39 is 6.04 Å². The van der Waals surface area contributed by atoms with Gasteiger partial charge < -0.3 is 5.32 Å². The van der Waals surface area contributed by atoms with Gasteiger partial charge in [-0.3, -0.25) is 19.3 Å². The van der Waals surface area contributed by atoms with Gasteiger partial charge in [0.25, 0.3) is 0 Å². The Kier molecular flexibility index (Phi) is 6.22. The highest BCUT2D eigenvalue weighted by molar-refractivity contribution is 5.88. The fourth-order valence-electron chi connectivity index (χ4n) is 3.90. The number of carbonyl (C=O) groups excluding carboxylic acids is 2. The SMILES string of the molecule is O=C1NCCN(Cc2ccc(-c3ccccc3)cc2)[C@@H]1CC(=O)N1CCCCO1. The van der Waals surface area contributed by atoms with Gasteiger partial charge in [-0.1, -0.05) is 54.6 Å². The Hall–Kier alpha value is -2.70. The van der Waals surface area contributed by atoms with Crippen molar-refractivity contribution in [3.63, 3.8) is 0 Å². The van der Waals surface area contributed by atoms with Gasteiger partial charge in [-0.15, -0.1) is 0 Å². The van der Waals surface area contributed by atoms with Gasteiger partial charge in [0.15, 0.2) is 0 Å². The van der Waals surface area contributed by atoms with E-state index in [1.165, 1.54) is 16.2 Å². The molecule has 2 aliphatic rings. The summed E-state index contributed by atoms with van der Waals surface area (Å²) in [6.45, 7) is 3.15. The van der Waals surface area contributed by atoms with Crippen LogP contribution in [0, 0.1) is 0 Å². The first-order valence-electron chi connectivity index (χ1n) is 10.3. The van der Waals surface area contributed by atoms with Crippen molar-refractivity contribution in [2.45, 2.75) is 31.8 Å². The van der Waals surface area contributed by atoms with E-state index in [0.717, 1.165) is 24.9 Å². The first kappa shape index (κ1) is 19.6. The maximum Gasteiger partial charge on any atom is 0.248 e. The number of hydrogen-bond donors (Lipinski definition) is 1. The van der Waals surface area contributed by atoms with Crippen LogP contribution >= 0.6 is 0 Å². The van der Waals surface area contributed by atoms with Crippen LogP contribution in [0.25, 0.3) is 11.1 Å². The van der Waals surface area contributed by atoms with Crippen molar-refractivity contribution in [2.75, 3.05) is 26.2 Å². The van der Waals surface area contributed by atoms with Crippen LogP contribution in [0.2, 0.25) is 0 Å². The van der Waals surface area contributed by atoms with Crippen LogP contribution in [-0.4, -0.2) is 54.1 Å². The van der Waals surface area contributed by atoms with Crippen molar-refractivity contribution < 1.29 is 14.4 Å². The first-order valence-corrected chi connectivity index (χ1v) is 10.3. The molecule has 2 aromatic rings. The van der Waals surface area contributed by atoms with Gasteiger partial charge in [-0.2, -0.15) is 0 Å². The van der Waals surface area contributed by atoms with Crippen molar-refractivity contribution in [3.8, 4) is 11.1 Å². The fourth-order valence-corrected chi connectivity index (χ4v) is 3.90. The highest BCUT2D eigenvalue weighted by atomic mass is 16.7. The minimum absolute atomic E-state index is 0.0810. The predicted octanol–water partition coefficient (Wildman–Crippen LogP) is 2.60. The molecule has 0 aromatic heterocycles. The highest BCUT2D eigenvalue weighted by Crippen LogP contribution is 2.21. The van der Waals surface area contributed by atoms with Gasteiger partial charge >= 0.3 is 0 Å². The highest BCUT2D eigenvalue weighted by Gasteiger charge is 2.33. The normalized spacial score (nSPS) is 20.3. The van der Waals surface area contributed by atoms with Gasteiger partial charge in [-0.25, -0.2) is 5.06 Å². The first-order chi connectivity index (χ1) is 14.2. The lowest BCUT2D eigenvalue weighted by molar-refractivity contribution is -0.198. The molecule has 152 valence electrons. The summed E-state index contributed by atoms with van der Waals surface area (Å²) in [6, 6.07) is 18.2. The molecule has 0 radical (unpaired) electrons. The molecule has 1 N–H and O–H groups in total. The van der Waals surface area contributed by atoms with Gasteiger partial charge in [0.05, 0.1) is 19.1 Å². The van der Waals surface area contributed by atoms with Crippen molar-refractivity contribution in [1.29, 1.82) is 0 Å². The fraction of sp³-hybridized carbons (Fsp3) is 0.391. The zero-order chi connectivity index (χ0) is 20.1. The van der Waals surface area contributed by atoms with E-state index in [2.05, 4.69) is 46.6 Å². The second kappa shape index (κ2) is 9.20. The number of carbonyl (C=O) groups is 2. The molecule has 6 nitrogen and oxygen atoms in total. The van der Waals surface area contributed by atoms with Gasteiger partial charge in [0, 0.05) is 26.2 Å². The number of hydrogen-bond acceptors (Lipinski definition) is 4. The van der Waals surface area contributed by atoms with Crippen molar-refractivity contribution in [3.05, 3.63) is 60.2 Å². The van der Waals surface area contributed by atoms with E-state index in [0.29, 0.717) is 26.2 Å². The number of rotatable bonds is 5. The molecule has 2 heterocycles. The van der Waals surface area contributed by atoms with Crippen LogP contribution in [0.3, 0.4) is 0 Å². The quantitative estimate of drug-likeness (QED) is 0.848. The van der Waals surface area contributed by atoms with Crippen LogP contribution in [0.15, 0.2) is 54.6 Å². The summed E-state index contributed by atoms with van der Waals surface area (Å²) >= 11 is 0. The number of hydroxylamine groups is 2. The Morgan fingerprint density at radius 3 is 2.48 bits per heavy atom. The van der Waals surface area contributed by atoms with E-state index in [-0.39, 0.29) is 18.2 Å². The zero-order valence-corrected chi connectivity index (χ0v) is 16.5. The molecule has 29 heavy (non-hydrogen) atoms. The Labute approximate surface area is 171 Å². The standard InChI is InChI=1S/C23H27N3O3/c27-22(26-13-4-5-15-29-26)16-21-23(28)24-12-14-25(21)17-18-8-10-20(11-9-18)19-6-2-1-3-7-19/h1-3,6-11,21H,4-5,12-17H2,(H,24,28)/t21-/m1/s1. The average molecular weight is 393 g/mol. The molecule has 4 rings (SSSR count). The van der Waals surface area contributed by atoms with Gasteiger partial charge in [-0.05, 0) is 29.5 Å². The summed E-state index contributed by atoms with van der Waals surface area (Å²) in [5.41, 5.74) is 3.48. The Balaban J connectivity index is 1.43. The lowest BCUT2D eigenvalue weighted by Crippen LogP contribution is -2.56. The number of piperazine rings is 1. The molecule has 0 saturated carbocycles. The largest absolute Gasteiger partial charge is 0.353 e. The lowest BCUT2D eigenvalue weighted by atomic mass is 10.0. The summed E-state index contributed by atoms with van der Waals surface area (Å²) in [4.78, 5) is 32.6. The van der Waals surface area contributed by atoms with E-state index in [1.807, 2.05) is 18.2 Å². The maximum atomic E-state index is 12.6. The van der Waals surface area contributed by atoms with Crippen LogP contribution in [-0.2, 0) is 21.0 Å². The van der Waals surface area contributed by atoms with Gasteiger partial charge in [0.1, 0.15) is 0 Å². The number of nitrogens with one attached hydrogen (secondary N) is 1. The Bertz CT molecular complexity index is 832. The van der Waals surface area contributed by atoms with Crippen LogP contribution in [0.1, 0.15) is 24.8 Å². The minimum atomic E-state index is -0.462. The molecule has 2 aliphatic heterocycles. The number of amides is 2.